The molecule has 3 aromatic rings. The molecule has 212 valence electrons. The number of amides is 3. The highest BCUT2D eigenvalue weighted by Gasteiger charge is 2.39. The van der Waals surface area contributed by atoms with Gasteiger partial charge in [-0.3, -0.25) is 9.59 Å². The number of carbonyl (C=O) groups excluding carboxylic acids is 3. The Morgan fingerprint density at radius 3 is 2.17 bits per heavy atom. The quantitative estimate of drug-likeness (QED) is 0.306. The molecule has 2 atom stereocenters. The highest BCUT2D eigenvalue weighted by atomic mass is 16.6. The molecule has 0 radical (unpaired) electrons. The van der Waals surface area contributed by atoms with Crippen LogP contribution >= 0.6 is 0 Å². The Kier molecular flexibility index (Phi) is 9.74. The number of hydrogen-bond donors (Lipinski definition) is 2. The van der Waals surface area contributed by atoms with Gasteiger partial charge in [0.25, 0.3) is 5.91 Å². The molecular formula is C33H41N3O4. The molecule has 0 aliphatic carbocycles. The van der Waals surface area contributed by atoms with E-state index in [9.17, 15) is 14.4 Å². The van der Waals surface area contributed by atoms with Crippen LogP contribution in [-0.4, -0.2) is 40.5 Å². The first-order chi connectivity index (χ1) is 18.8. The lowest BCUT2D eigenvalue weighted by molar-refractivity contribution is -0.143. The molecule has 0 fully saturated rings. The van der Waals surface area contributed by atoms with Crippen molar-refractivity contribution in [2.75, 3.05) is 5.32 Å². The topological polar surface area (TPSA) is 87.7 Å². The van der Waals surface area contributed by atoms with Gasteiger partial charge in [0.2, 0.25) is 5.91 Å². The SMILES string of the molecule is C=Cc1cccc(C(C(=O)Nc2ccc3ccccc3c2)N(C(=O)C(NC(=O)OC(C)(C)C)C(C)C)C(C)C)c1. The van der Waals surface area contributed by atoms with E-state index >= 15 is 0 Å². The number of alkyl carbamates (subject to hydrolysis) is 1. The van der Waals surface area contributed by atoms with Gasteiger partial charge in [0.05, 0.1) is 0 Å². The maximum absolute atomic E-state index is 14.2. The standard InChI is InChI=1S/C33H41N3O4/c1-9-23-13-12-16-26(19-23)29(30(37)34-27-18-17-24-14-10-11-15-25(24)20-27)36(22(4)5)31(38)28(21(2)3)35-32(39)40-33(6,7)8/h9-22,28-29H,1H2,2-8H3,(H,34,37)(H,35,39). The average Bonchev–Trinajstić information content (AvgIpc) is 2.88. The molecule has 0 aromatic heterocycles. The molecule has 2 N–H and O–H groups in total. The van der Waals surface area contributed by atoms with Gasteiger partial charge in [0.15, 0.2) is 0 Å². The number of anilines is 1. The molecule has 0 saturated heterocycles. The minimum absolute atomic E-state index is 0.259. The summed E-state index contributed by atoms with van der Waals surface area (Å²) in [6.45, 7) is 16.6. The van der Waals surface area contributed by atoms with E-state index in [0.29, 0.717) is 11.3 Å². The third-order valence-electron chi connectivity index (χ3n) is 6.42. The largest absolute Gasteiger partial charge is 0.444 e. The number of hydrogen-bond acceptors (Lipinski definition) is 4. The lowest BCUT2D eigenvalue weighted by Crippen LogP contribution is -2.56. The van der Waals surface area contributed by atoms with Crippen molar-refractivity contribution in [2.24, 2.45) is 5.92 Å². The Morgan fingerprint density at radius 2 is 1.57 bits per heavy atom. The van der Waals surface area contributed by atoms with Crippen molar-refractivity contribution in [3.8, 4) is 0 Å². The van der Waals surface area contributed by atoms with E-state index in [4.69, 9.17) is 4.74 Å². The maximum atomic E-state index is 14.2. The van der Waals surface area contributed by atoms with Gasteiger partial charge < -0.3 is 20.3 Å². The second-order valence-electron chi connectivity index (χ2n) is 11.5. The summed E-state index contributed by atoms with van der Waals surface area (Å²) < 4.78 is 5.43. The molecule has 0 spiro atoms. The smallest absolute Gasteiger partial charge is 0.408 e. The first-order valence-corrected chi connectivity index (χ1v) is 13.6. The van der Waals surface area contributed by atoms with Crippen molar-refractivity contribution in [3.63, 3.8) is 0 Å². The van der Waals surface area contributed by atoms with Gasteiger partial charge in [0, 0.05) is 11.7 Å². The van der Waals surface area contributed by atoms with E-state index in [1.54, 1.807) is 31.7 Å². The normalized spacial score (nSPS) is 13.0. The summed E-state index contributed by atoms with van der Waals surface area (Å²) in [5, 5.41) is 7.82. The second kappa shape index (κ2) is 12.8. The molecule has 0 aliphatic heterocycles. The van der Waals surface area contributed by atoms with Gasteiger partial charge in [-0.1, -0.05) is 75.0 Å². The van der Waals surface area contributed by atoms with E-state index in [0.717, 1.165) is 16.3 Å². The van der Waals surface area contributed by atoms with Crippen LogP contribution in [0.3, 0.4) is 0 Å². The van der Waals surface area contributed by atoms with Gasteiger partial charge in [-0.25, -0.2) is 4.79 Å². The number of ether oxygens (including phenoxy) is 1. The second-order valence-corrected chi connectivity index (χ2v) is 11.5. The summed E-state index contributed by atoms with van der Waals surface area (Å²) in [6.07, 6.45) is 1.01. The molecule has 0 aliphatic rings. The van der Waals surface area contributed by atoms with Crippen molar-refractivity contribution < 1.29 is 19.1 Å². The lowest BCUT2D eigenvalue weighted by atomic mass is 9.96. The van der Waals surface area contributed by atoms with Crippen LogP contribution in [0.25, 0.3) is 16.8 Å². The zero-order valence-electron chi connectivity index (χ0n) is 24.5. The van der Waals surface area contributed by atoms with Crippen LogP contribution in [0.2, 0.25) is 0 Å². The van der Waals surface area contributed by atoms with Crippen LogP contribution in [0.4, 0.5) is 10.5 Å². The fourth-order valence-corrected chi connectivity index (χ4v) is 4.56. The van der Waals surface area contributed by atoms with Gasteiger partial charge in [-0.15, -0.1) is 0 Å². The van der Waals surface area contributed by atoms with Crippen LogP contribution in [0.1, 0.15) is 65.6 Å². The predicted molar refractivity (Wildman–Crippen MR) is 162 cm³/mol. The summed E-state index contributed by atoms with van der Waals surface area (Å²) in [5.74, 6) is -0.998. The summed E-state index contributed by atoms with van der Waals surface area (Å²) in [5.41, 5.74) is 1.36. The Balaban J connectivity index is 2.04. The van der Waals surface area contributed by atoms with Crippen LogP contribution < -0.4 is 10.6 Å². The predicted octanol–water partition coefficient (Wildman–Crippen LogP) is 6.95. The minimum atomic E-state index is -0.972. The van der Waals surface area contributed by atoms with E-state index in [1.165, 1.54) is 0 Å². The third-order valence-corrected chi connectivity index (χ3v) is 6.42. The molecule has 3 rings (SSSR count). The number of nitrogens with one attached hydrogen (secondary N) is 2. The average molecular weight is 544 g/mol. The van der Waals surface area contributed by atoms with Crippen LogP contribution in [0.5, 0.6) is 0 Å². The summed E-state index contributed by atoms with van der Waals surface area (Å²) >= 11 is 0. The van der Waals surface area contributed by atoms with Gasteiger partial charge in [-0.2, -0.15) is 0 Å². The van der Waals surface area contributed by atoms with Crippen molar-refractivity contribution in [1.29, 1.82) is 0 Å². The lowest BCUT2D eigenvalue weighted by Gasteiger charge is -2.38. The summed E-state index contributed by atoms with van der Waals surface area (Å²) in [4.78, 5) is 42.5. The van der Waals surface area contributed by atoms with Crippen LogP contribution in [0.15, 0.2) is 73.3 Å². The van der Waals surface area contributed by atoms with E-state index in [1.807, 2.05) is 94.4 Å². The fourth-order valence-electron chi connectivity index (χ4n) is 4.56. The number of nitrogens with zero attached hydrogens (tertiary/aromatic N) is 1. The first kappa shape index (κ1) is 30.4. The molecule has 3 aromatic carbocycles. The number of fused-ring (bicyclic) bond motifs is 1. The van der Waals surface area contributed by atoms with Crippen LogP contribution in [0, 0.1) is 5.92 Å². The van der Waals surface area contributed by atoms with Crippen molar-refractivity contribution in [1.82, 2.24) is 10.2 Å². The minimum Gasteiger partial charge on any atom is -0.444 e. The highest BCUT2D eigenvalue weighted by Crippen LogP contribution is 2.29. The number of carbonyl (C=O) groups is 3. The summed E-state index contributed by atoms with van der Waals surface area (Å²) in [6, 6.07) is 18.8. The number of rotatable bonds is 9. The third kappa shape index (κ3) is 7.72. The molecule has 7 heteroatoms. The summed E-state index contributed by atoms with van der Waals surface area (Å²) in [7, 11) is 0. The maximum Gasteiger partial charge on any atom is 0.408 e. The Bertz CT molecular complexity index is 1370. The monoisotopic (exact) mass is 543 g/mol. The molecule has 0 bridgehead atoms. The molecule has 0 heterocycles. The van der Waals surface area contributed by atoms with Gasteiger partial charge in [-0.05, 0) is 80.6 Å². The molecule has 0 saturated carbocycles. The molecule has 2 unspecified atom stereocenters. The van der Waals surface area contributed by atoms with Crippen molar-refractivity contribution in [2.45, 2.75) is 72.2 Å². The zero-order valence-corrected chi connectivity index (χ0v) is 24.5. The highest BCUT2D eigenvalue weighted by molar-refractivity contribution is 6.00. The van der Waals surface area contributed by atoms with Crippen molar-refractivity contribution >= 4 is 40.4 Å². The number of benzene rings is 3. The molecule has 3 amide bonds. The van der Waals surface area contributed by atoms with Gasteiger partial charge >= 0.3 is 6.09 Å². The van der Waals surface area contributed by atoms with E-state index < -0.39 is 23.8 Å². The Labute approximate surface area is 237 Å². The zero-order chi connectivity index (χ0) is 29.6. The molecular weight excluding hydrogens is 502 g/mol. The molecule has 40 heavy (non-hydrogen) atoms. The first-order valence-electron chi connectivity index (χ1n) is 13.6. The van der Waals surface area contributed by atoms with E-state index in [2.05, 4.69) is 17.2 Å². The molecule has 7 nitrogen and oxygen atoms in total. The van der Waals surface area contributed by atoms with Crippen LogP contribution in [-0.2, 0) is 14.3 Å². The Hall–Kier alpha value is -4.13. The van der Waals surface area contributed by atoms with E-state index in [-0.39, 0.29) is 23.8 Å². The van der Waals surface area contributed by atoms with Crippen molar-refractivity contribution in [3.05, 3.63) is 84.4 Å². The van der Waals surface area contributed by atoms with Gasteiger partial charge in [0.1, 0.15) is 17.7 Å². The Morgan fingerprint density at radius 1 is 0.900 bits per heavy atom. The fraction of sp³-hybridized carbons (Fsp3) is 0.364.